The van der Waals surface area contributed by atoms with Crippen molar-refractivity contribution in [1.29, 1.82) is 0 Å². The minimum atomic E-state index is -0.324. The van der Waals surface area contributed by atoms with Crippen LogP contribution in [0, 0.1) is 0 Å². The first-order chi connectivity index (χ1) is 7.20. The van der Waals surface area contributed by atoms with Crippen molar-refractivity contribution in [3.63, 3.8) is 0 Å². The fourth-order valence-corrected chi connectivity index (χ4v) is 1.37. The highest BCUT2D eigenvalue weighted by Crippen LogP contribution is 2.06. The van der Waals surface area contributed by atoms with E-state index in [1.165, 1.54) is 5.56 Å². The van der Waals surface area contributed by atoms with Crippen LogP contribution in [-0.2, 0) is 11.2 Å². The highest BCUT2D eigenvalue weighted by Gasteiger charge is 1.95. The highest BCUT2D eigenvalue weighted by molar-refractivity contribution is 5.91. The Morgan fingerprint density at radius 1 is 1.33 bits per heavy atom. The normalized spacial score (nSPS) is 11.4. The third kappa shape index (κ3) is 4.45. The fraction of sp³-hybridized carbons (Fsp3) is 0.308. The number of hydrogen-bond donors (Lipinski definition) is 1. The maximum atomic E-state index is 10.7. The van der Waals surface area contributed by atoms with Crippen molar-refractivity contribution in [2.45, 2.75) is 26.2 Å². The van der Waals surface area contributed by atoms with Crippen LogP contribution in [0.2, 0.25) is 0 Å². The van der Waals surface area contributed by atoms with E-state index < -0.39 is 0 Å². The molecule has 0 bridgehead atoms. The quantitative estimate of drug-likeness (QED) is 0.579. The molecular formula is C13H17NO. The fourth-order valence-electron chi connectivity index (χ4n) is 1.37. The lowest BCUT2D eigenvalue weighted by molar-refractivity contribution is -0.114. The number of nitrogens with two attached hydrogens (primary N) is 1. The van der Waals surface area contributed by atoms with Crippen LogP contribution >= 0.6 is 0 Å². The van der Waals surface area contributed by atoms with E-state index >= 15 is 0 Å². The molecule has 0 heterocycles. The lowest BCUT2D eigenvalue weighted by Gasteiger charge is -1.99. The van der Waals surface area contributed by atoms with Crippen LogP contribution in [-0.4, -0.2) is 5.91 Å². The number of carbonyl (C=O) groups excluding carboxylic acids is 1. The molecule has 80 valence electrons. The third-order valence-corrected chi connectivity index (χ3v) is 2.35. The first-order valence-electron chi connectivity index (χ1n) is 5.20. The predicted octanol–water partition coefficient (Wildman–Crippen LogP) is 2.44. The Balaban J connectivity index is 2.29. The highest BCUT2D eigenvalue weighted by atomic mass is 16.1. The molecule has 0 spiro atoms. The molecule has 0 saturated heterocycles. The third-order valence-electron chi connectivity index (χ3n) is 2.35. The lowest BCUT2D eigenvalue weighted by atomic mass is 10.1. The Morgan fingerprint density at radius 2 is 2.00 bits per heavy atom. The van der Waals surface area contributed by atoms with Gasteiger partial charge in [0.05, 0.1) is 0 Å². The summed E-state index contributed by atoms with van der Waals surface area (Å²) in [7, 11) is 0. The number of primary amides is 1. The molecule has 0 saturated carbocycles. The molecule has 2 N–H and O–H groups in total. The molecule has 1 rings (SSSR count). The summed E-state index contributed by atoms with van der Waals surface area (Å²) < 4.78 is 0. The molecule has 0 aliphatic rings. The zero-order chi connectivity index (χ0) is 11.1. The molecule has 1 amide bonds. The number of hydrogen-bond acceptors (Lipinski definition) is 1. The molecule has 15 heavy (non-hydrogen) atoms. The van der Waals surface area contributed by atoms with Crippen LogP contribution in [0.1, 0.15) is 25.3 Å². The van der Waals surface area contributed by atoms with E-state index in [4.69, 9.17) is 5.73 Å². The van der Waals surface area contributed by atoms with Gasteiger partial charge in [-0.15, -0.1) is 0 Å². The van der Waals surface area contributed by atoms with Crippen molar-refractivity contribution in [3.8, 4) is 0 Å². The summed E-state index contributed by atoms with van der Waals surface area (Å²) in [5.41, 5.74) is 7.11. The molecule has 1 aromatic carbocycles. The van der Waals surface area contributed by atoms with Crippen LogP contribution in [0.3, 0.4) is 0 Å². The van der Waals surface area contributed by atoms with Crippen LogP contribution in [0.5, 0.6) is 0 Å². The van der Waals surface area contributed by atoms with Crippen molar-refractivity contribution in [3.05, 3.63) is 47.5 Å². The van der Waals surface area contributed by atoms with E-state index in [1.807, 2.05) is 24.3 Å². The zero-order valence-electron chi connectivity index (χ0n) is 9.07. The second kappa shape index (κ2) is 6.02. The molecule has 0 aromatic heterocycles. The van der Waals surface area contributed by atoms with Gasteiger partial charge in [0.25, 0.3) is 0 Å². The van der Waals surface area contributed by atoms with Gasteiger partial charge in [0.1, 0.15) is 0 Å². The number of allylic oxidation sites excluding steroid dienone is 1. The van der Waals surface area contributed by atoms with Gasteiger partial charge < -0.3 is 5.73 Å². The molecule has 2 nitrogen and oxygen atoms in total. The Morgan fingerprint density at radius 3 is 2.60 bits per heavy atom. The smallest absolute Gasteiger partial charge is 0.244 e. The summed E-state index contributed by atoms with van der Waals surface area (Å²) >= 11 is 0. The van der Waals surface area contributed by atoms with E-state index in [2.05, 4.69) is 12.1 Å². The van der Waals surface area contributed by atoms with E-state index in [0.717, 1.165) is 19.3 Å². The lowest BCUT2D eigenvalue weighted by Crippen LogP contribution is -2.11. The topological polar surface area (TPSA) is 43.1 Å². The first-order valence-corrected chi connectivity index (χ1v) is 5.20. The molecular weight excluding hydrogens is 186 g/mol. The SMILES string of the molecule is C/C(=C\CCCc1ccccc1)C(N)=O. The van der Waals surface area contributed by atoms with Crippen molar-refractivity contribution in [2.75, 3.05) is 0 Å². The average Bonchev–Trinajstić information content (AvgIpc) is 2.25. The van der Waals surface area contributed by atoms with Gasteiger partial charge >= 0.3 is 0 Å². The Hall–Kier alpha value is -1.57. The van der Waals surface area contributed by atoms with Gasteiger partial charge in [0.15, 0.2) is 0 Å². The second-order valence-electron chi connectivity index (χ2n) is 3.63. The molecule has 0 radical (unpaired) electrons. The Bertz CT molecular complexity index is 341. The van der Waals surface area contributed by atoms with E-state index in [9.17, 15) is 4.79 Å². The number of rotatable bonds is 5. The summed E-state index contributed by atoms with van der Waals surface area (Å²) in [5.74, 6) is -0.324. The number of aryl methyl sites for hydroxylation is 1. The van der Waals surface area contributed by atoms with Gasteiger partial charge in [-0.1, -0.05) is 36.4 Å². The molecule has 0 aliphatic heterocycles. The van der Waals surface area contributed by atoms with Gasteiger partial charge in [0.2, 0.25) is 5.91 Å². The van der Waals surface area contributed by atoms with Gasteiger partial charge in [0, 0.05) is 5.57 Å². The maximum Gasteiger partial charge on any atom is 0.244 e. The number of carbonyl (C=O) groups is 1. The monoisotopic (exact) mass is 203 g/mol. The first kappa shape index (κ1) is 11.5. The second-order valence-corrected chi connectivity index (χ2v) is 3.63. The minimum Gasteiger partial charge on any atom is -0.366 e. The van der Waals surface area contributed by atoms with Crippen LogP contribution in [0.15, 0.2) is 42.0 Å². The van der Waals surface area contributed by atoms with E-state index in [0.29, 0.717) is 5.57 Å². The molecule has 1 aromatic rings. The van der Waals surface area contributed by atoms with Crippen molar-refractivity contribution in [1.82, 2.24) is 0 Å². The molecule has 0 unspecified atom stereocenters. The van der Waals surface area contributed by atoms with Gasteiger partial charge in [-0.2, -0.15) is 0 Å². The standard InChI is InChI=1S/C13H17NO/c1-11(13(14)15)7-5-6-10-12-8-3-2-4-9-12/h2-4,7-9H,5-6,10H2,1H3,(H2,14,15)/b11-7+. The summed E-state index contributed by atoms with van der Waals surface area (Å²) in [5, 5.41) is 0. The van der Waals surface area contributed by atoms with Crippen molar-refractivity contribution < 1.29 is 4.79 Å². The largest absolute Gasteiger partial charge is 0.366 e. The summed E-state index contributed by atoms with van der Waals surface area (Å²) in [6.07, 6.45) is 4.91. The van der Waals surface area contributed by atoms with E-state index in [-0.39, 0.29) is 5.91 Å². The maximum absolute atomic E-state index is 10.7. The van der Waals surface area contributed by atoms with Gasteiger partial charge in [-0.3, -0.25) is 4.79 Å². The zero-order valence-corrected chi connectivity index (χ0v) is 9.07. The van der Waals surface area contributed by atoms with E-state index in [1.54, 1.807) is 6.92 Å². The summed E-state index contributed by atoms with van der Waals surface area (Å²) in [4.78, 5) is 10.7. The van der Waals surface area contributed by atoms with Crippen molar-refractivity contribution in [2.24, 2.45) is 5.73 Å². The Labute approximate surface area is 90.8 Å². The minimum absolute atomic E-state index is 0.324. The van der Waals surface area contributed by atoms with Gasteiger partial charge in [-0.25, -0.2) is 0 Å². The molecule has 2 heteroatoms. The summed E-state index contributed by atoms with van der Waals surface area (Å²) in [6.45, 7) is 1.75. The summed E-state index contributed by atoms with van der Waals surface area (Å²) in [6, 6.07) is 10.3. The van der Waals surface area contributed by atoms with Crippen LogP contribution in [0.4, 0.5) is 0 Å². The predicted molar refractivity (Wildman–Crippen MR) is 62.3 cm³/mol. The number of amides is 1. The molecule has 0 aliphatic carbocycles. The average molecular weight is 203 g/mol. The molecule has 0 fully saturated rings. The Kier molecular flexibility index (Phi) is 4.61. The molecule has 0 atom stereocenters. The van der Waals surface area contributed by atoms with Crippen LogP contribution in [0.25, 0.3) is 0 Å². The number of benzene rings is 1. The van der Waals surface area contributed by atoms with Crippen molar-refractivity contribution >= 4 is 5.91 Å². The van der Waals surface area contributed by atoms with Gasteiger partial charge in [-0.05, 0) is 31.7 Å². The van der Waals surface area contributed by atoms with Crippen LogP contribution < -0.4 is 5.73 Å². The number of unbranched alkanes of at least 4 members (excludes halogenated alkanes) is 1.